The van der Waals surface area contributed by atoms with Crippen molar-refractivity contribution >= 4 is 11.3 Å². The summed E-state index contributed by atoms with van der Waals surface area (Å²) in [6, 6.07) is 2.79. The molecule has 0 amide bonds. The molecule has 0 aromatic carbocycles. The summed E-state index contributed by atoms with van der Waals surface area (Å²) in [5.74, 6) is 0. The Kier molecular flexibility index (Phi) is 6.03. The number of hydrogen-bond donors (Lipinski definition) is 1. The first-order valence-electron chi connectivity index (χ1n) is 6.14. The zero-order chi connectivity index (χ0) is 12.0. The first-order chi connectivity index (χ1) is 7.67. The molecule has 16 heavy (non-hydrogen) atoms. The van der Waals surface area contributed by atoms with Gasteiger partial charge < -0.3 is 10.2 Å². The fraction of sp³-hybridized carbons (Fsp3) is 0.692. The molecule has 0 bridgehead atoms. The third kappa shape index (κ3) is 4.24. The molecular formula is C13H24N2S. The maximum Gasteiger partial charge on any atom is 0.0305 e. The van der Waals surface area contributed by atoms with Gasteiger partial charge >= 0.3 is 0 Å². The normalized spacial score (nSPS) is 13.3. The third-order valence-corrected chi connectivity index (χ3v) is 3.92. The lowest BCUT2D eigenvalue weighted by molar-refractivity contribution is 0.309. The average molecular weight is 240 g/mol. The van der Waals surface area contributed by atoms with E-state index in [1.165, 1.54) is 10.4 Å². The molecule has 0 aliphatic heterocycles. The zero-order valence-corrected chi connectivity index (χ0v) is 11.7. The molecule has 0 saturated heterocycles. The molecule has 2 nitrogen and oxygen atoms in total. The molecule has 1 heterocycles. The summed E-state index contributed by atoms with van der Waals surface area (Å²) in [6.07, 6.45) is 1.14. The molecule has 1 rings (SSSR count). The number of likely N-dealkylation sites (N-methyl/N-ethyl adjacent to an activating group) is 1. The van der Waals surface area contributed by atoms with Gasteiger partial charge in [-0.15, -0.1) is 11.3 Å². The summed E-state index contributed by atoms with van der Waals surface area (Å²) in [5.41, 5.74) is 1.49. The van der Waals surface area contributed by atoms with Gasteiger partial charge in [-0.2, -0.15) is 0 Å². The van der Waals surface area contributed by atoms with E-state index in [9.17, 15) is 0 Å². The van der Waals surface area contributed by atoms with Crippen LogP contribution in [0.15, 0.2) is 11.4 Å². The number of rotatable bonds is 7. The summed E-state index contributed by atoms with van der Waals surface area (Å²) >= 11 is 1.86. The van der Waals surface area contributed by atoms with Gasteiger partial charge in [-0.3, -0.25) is 0 Å². The lowest BCUT2D eigenvalue weighted by Crippen LogP contribution is -2.36. The Labute approximate surface area is 104 Å². The monoisotopic (exact) mass is 240 g/mol. The highest BCUT2D eigenvalue weighted by molar-refractivity contribution is 7.10. The van der Waals surface area contributed by atoms with Crippen molar-refractivity contribution in [3.05, 3.63) is 21.9 Å². The molecule has 1 aromatic heterocycles. The van der Waals surface area contributed by atoms with Crippen LogP contribution in [0.3, 0.4) is 0 Å². The van der Waals surface area contributed by atoms with Crippen molar-refractivity contribution in [2.45, 2.75) is 39.8 Å². The van der Waals surface area contributed by atoms with Crippen molar-refractivity contribution in [3.8, 4) is 0 Å². The summed E-state index contributed by atoms with van der Waals surface area (Å²) in [7, 11) is 2.17. The van der Waals surface area contributed by atoms with Gasteiger partial charge in [0.1, 0.15) is 0 Å². The van der Waals surface area contributed by atoms with Crippen LogP contribution in [0.25, 0.3) is 0 Å². The highest BCUT2D eigenvalue weighted by Gasteiger charge is 2.06. The van der Waals surface area contributed by atoms with Crippen LogP contribution in [-0.2, 0) is 13.0 Å². The van der Waals surface area contributed by atoms with Gasteiger partial charge in [0.2, 0.25) is 0 Å². The van der Waals surface area contributed by atoms with Gasteiger partial charge in [-0.25, -0.2) is 0 Å². The van der Waals surface area contributed by atoms with Gasteiger partial charge in [0.25, 0.3) is 0 Å². The Morgan fingerprint density at radius 3 is 2.81 bits per heavy atom. The highest BCUT2D eigenvalue weighted by Crippen LogP contribution is 2.17. The van der Waals surface area contributed by atoms with Crippen LogP contribution in [-0.4, -0.2) is 31.1 Å². The van der Waals surface area contributed by atoms with E-state index >= 15 is 0 Å². The second kappa shape index (κ2) is 7.05. The summed E-state index contributed by atoms with van der Waals surface area (Å²) in [4.78, 5) is 3.83. The van der Waals surface area contributed by atoms with E-state index in [2.05, 4.69) is 49.5 Å². The first-order valence-corrected chi connectivity index (χ1v) is 7.02. The van der Waals surface area contributed by atoms with E-state index in [0.29, 0.717) is 6.04 Å². The number of nitrogens with one attached hydrogen (secondary N) is 1. The Hall–Kier alpha value is -0.380. The fourth-order valence-corrected chi connectivity index (χ4v) is 2.69. The van der Waals surface area contributed by atoms with Crippen molar-refractivity contribution in [1.29, 1.82) is 0 Å². The SMILES string of the molecule is CCc1ccsc1CNC(C)CN(C)CC. The second-order valence-corrected chi connectivity index (χ2v) is 5.36. The van der Waals surface area contributed by atoms with Crippen LogP contribution in [0.2, 0.25) is 0 Å². The van der Waals surface area contributed by atoms with Crippen LogP contribution >= 0.6 is 11.3 Å². The zero-order valence-electron chi connectivity index (χ0n) is 10.9. The molecule has 0 radical (unpaired) electrons. The van der Waals surface area contributed by atoms with Crippen molar-refractivity contribution < 1.29 is 0 Å². The standard InChI is InChI=1S/C13H24N2S/c1-5-12-7-8-16-13(12)9-14-11(3)10-15(4)6-2/h7-8,11,14H,5-6,9-10H2,1-4H3. The van der Waals surface area contributed by atoms with Gasteiger partial charge in [-0.1, -0.05) is 13.8 Å². The van der Waals surface area contributed by atoms with E-state index < -0.39 is 0 Å². The number of hydrogen-bond acceptors (Lipinski definition) is 3. The van der Waals surface area contributed by atoms with Crippen molar-refractivity contribution in [1.82, 2.24) is 10.2 Å². The molecule has 1 aromatic rings. The average Bonchev–Trinajstić information content (AvgIpc) is 2.73. The highest BCUT2D eigenvalue weighted by atomic mass is 32.1. The molecule has 0 aliphatic carbocycles. The maximum absolute atomic E-state index is 3.59. The van der Waals surface area contributed by atoms with Crippen LogP contribution in [0.4, 0.5) is 0 Å². The van der Waals surface area contributed by atoms with E-state index in [4.69, 9.17) is 0 Å². The smallest absolute Gasteiger partial charge is 0.0305 e. The Balaban J connectivity index is 2.34. The quantitative estimate of drug-likeness (QED) is 0.788. The second-order valence-electron chi connectivity index (χ2n) is 4.36. The van der Waals surface area contributed by atoms with Crippen LogP contribution in [0.1, 0.15) is 31.2 Å². The Bertz CT molecular complexity index is 296. The Morgan fingerprint density at radius 2 is 2.19 bits per heavy atom. The molecule has 0 fully saturated rings. The molecule has 1 unspecified atom stereocenters. The minimum atomic E-state index is 0.553. The van der Waals surface area contributed by atoms with Crippen molar-refractivity contribution in [2.24, 2.45) is 0 Å². The predicted octanol–water partition coefficient (Wildman–Crippen LogP) is 2.74. The van der Waals surface area contributed by atoms with E-state index in [-0.39, 0.29) is 0 Å². The third-order valence-electron chi connectivity index (χ3n) is 2.96. The summed E-state index contributed by atoms with van der Waals surface area (Å²) in [5, 5.41) is 5.79. The molecule has 1 atom stereocenters. The fourth-order valence-electron chi connectivity index (χ4n) is 1.77. The Morgan fingerprint density at radius 1 is 1.44 bits per heavy atom. The number of nitrogens with zero attached hydrogens (tertiary/aromatic N) is 1. The minimum Gasteiger partial charge on any atom is -0.308 e. The van der Waals surface area contributed by atoms with E-state index in [0.717, 1.165) is 26.1 Å². The molecular weight excluding hydrogens is 216 g/mol. The molecule has 1 N–H and O–H groups in total. The summed E-state index contributed by atoms with van der Waals surface area (Å²) in [6.45, 7) is 9.92. The molecule has 92 valence electrons. The van der Waals surface area contributed by atoms with Crippen LogP contribution in [0, 0.1) is 0 Å². The van der Waals surface area contributed by atoms with Gasteiger partial charge in [-0.05, 0) is 43.9 Å². The molecule has 0 aliphatic rings. The van der Waals surface area contributed by atoms with Crippen LogP contribution < -0.4 is 5.32 Å². The lowest BCUT2D eigenvalue weighted by Gasteiger charge is -2.20. The van der Waals surface area contributed by atoms with Gasteiger partial charge in [0, 0.05) is 24.0 Å². The number of aryl methyl sites for hydroxylation is 1. The maximum atomic E-state index is 3.59. The largest absolute Gasteiger partial charge is 0.308 e. The number of thiophene rings is 1. The van der Waals surface area contributed by atoms with Crippen molar-refractivity contribution in [3.63, 3.8) is 0 Å². The van der Waals surface area contributed by atoms with Crippen molar-refractivity contribution in [2.75, 3.05) is 20.1 Å². The predicted molar refractivity (Wildman–Crippen MR) is 73.2 cm³/mol. The lowest BCUT2D eigenvalue weighted by atomic mass is 10.2. The van der Waals surface area contributed by atoms with Gasteiger partial charge in [0.05, 0.1) is 0 Å². The van der Waals surface area contributed by atoms with E-state index in [1.54, 1.807) is 0 Å². The topological polar surface area (TPSA) is 15.3 Å². The minimum absolute atomic E-state index is 0.553. The molecule has 3 heteroatoms. The molecule has 0 saturated carbocycles. The summed E-state index contributed by atoms with van der Waals surface area (Å²) < 4.78 is 0. The first kappa shape index (κ1) is 13.7. The van der Waals surface area contributed by atoms with Gasteiger partial charge in [0.15, 0.2) is 0 Å². The van der Waals surface area contributed by atoms with E-state index in [1.807, 2.05) is 11.3 Å². The molecule has 0 spiro atoms. The van der Waals surface area contributed by atoms with Crippen LogP contribution in [0.5, 0.6) is 0 Å².